The van der Waals surface area contributed by atoms with Crippen LogP contribution in [0.4, 0.5) is 5.69 Å². The van der Waals surface area contributed by atoms with Gasteiger partial charge in [0.15, 0.2) is 5.11 Å². The molecule has 5 nitrogen and oxygen atoms in total. The van der Waals surface area contributed by atoms with Crippen molar-refractivity contribution in [3.05, 3.63) is 59.7 Å². The molecule has 3 atom stereocenters. The molecule has 0 radical (unpaired) electrons. The minimum absolute atomic E-state index is 0.297. The average molecular weight is 397 g/mol. The summed E-state index contributed by atoms with van der Waals surface area (Å²) in [5.74, 6) is -0.115. The van der Waals surface area contributed by atoms with E-state index in [1.807, 2.05) is 55.1 Å². The van der Waals surface area contributed by atoms with Crippen molar-refractivity contribution in [3.8, 4) is 5.75 Å². The predicted octanol–water partition coefficient (Wildman–Crippen LogP) is 3.97. The molecule has 2 heterocycles. The third kappa shape index (κ3) is 2.83. The highest BCUT2D eigenvalue weighted by Gasteiger charge is 2.59. The molecule has 1 saturated heterocycles. The molecule has 0 aromatic heterocycles. The summed E-state index contributed by atoms with van der Waals surface area (Å²) in [6.45, 7) is 6.16. The van der Waals surface area contributed by atoms with Gasteiger partial charge in [0.2, 0.25) is 5.72 Å². The summed E-state index contributed by atoms with van der Waals surface area (Å²) < 4.78 is 11.9. The van der Waals surface area contributed by atoms with Gasteiger partial charge in [-0.25, -0.2) is 0 Å². The Hall–Kier alpha value is -2.60. The van der Waals surface area contributed by atoms with Gasteiger partial charge in [-0.3, -0.25) is 9.69 Å². The van der Waals surface area contributed by atoms with Crippen molar-refractivity contribution in [1.82, 2.24) is 5.32 Å². The topological polar surface area (TPSA) is 50.8 Å². The van der Waals surface area contributed by atoms with E-state index in [1.54, 1.807) is 0 Å². The number of nitrogens with zero attached hydrogens (tertiary/aromatic N) is 1. The summed E-state index contributed by atoms with van der Waals surface area (Å²) >= 11 is 5.71. The van der Waals surface area contributed by atoms with Gasteiger partial charge in [-0.15, -0.1) is 0 Å². The van der Waals surface area contributed by atoms with Crippen LogP contribution in [0.5, 0.6) is 5.75 Å². The zero-order valence-electron chi connectivity index (χ0n) is 16.3. The number of carbonyl (C=O) groups is 1. The lowest BCUT2D eigenvalue weighted by atomic mass is 9.79. The van der Waals surface area contributed by atoms with E-state index in [-0.39, 0.29) is 12.0 Å². The first-order chi connectivity index (χ1) is 13.5. The molecule has 1 N–H and O–H groups in total. The van der Waals surface area contributed by atoms with Crippen molar-refractivity contribution in [2.75, 3.05) is 11.5 Å². The molecular formula is C22H24N2O3S. The third-order valence-corrected chi connectivity index (χ3v) is 5.85. The molecule has 0 spiro atoms. The van der Waals surface area contributed by atoms with Gasteiger partial charge in [-0.1, -0.05) is 37.3 Å². The minimum atomic E-state index is -0.999. The Balaban J connectivity index is 1.85. The van der Waals surface area contributed by atoms with E-state index in [0.29, 0.717) is 11.7 Å². The summed E-state index contributed by atoms with van der Waals surface area (Å²) in [6, 6.07) is 15.6. The van der Waals surface area contributed by atoms with Crippen LogP contribution in [-0.4, -0.2) is 23.4 Å². The van der Waals surface area contributed by atoms with E-state index in [4.69, 9.17) is 21.7 Å². The van der Waals surface area contributed by atoms with Crippen molar-refractivity contribution in [2.45, 2.75) is 39.0 Å². The molecule has 0 unspecified atom stereocenters. The summed E-state index contributed by atoms with van der Waals surface area (Å²) in [7, 11) is 0. The summed E-state index contributed by atoms with van der Waals surface area (Å²) in [4.78, 5) is 14.9. The van der Waals surface area contributed by atoms with E-state index < -0.39 is 11.6 Å². The number of ether oxygens (including phenoxy) is 2. The van der Waals surface area contributed by atoms with Crippen molar-refractivity contribution in [2.24, 2.45) is 5.92 Å². The van der Waals surface area contributed by atoms with Crippen LogP contribution in [0.15, 0.2) is 48.5 Å². The number of hydrogen-bond donors (Lipinski definition) is 1. The van der Waals surface area contributed by atoms with Crippen LogP contribution in [0, 0.1) is 5.92 Å². The Morgan fingerprint density at radius 1 is 1.21 bits per heavy atom. The molecular weight excluding hydrogens is 372 g/mol. The second-order valence-electron chi connectivity index (χ2n) is 7.21. The highest BCUT2D eigenvalue weighted by Crippen LogP contribution is 2.49. The van der Waals surface area contributed by atoms with Gasteiger partial charge in [0, 0.05) is 11.3 Å². The molecule has 28 heavy (non-hydrogen) atoms. The van der Waals surface area contributed by atoms with Crippen LogP contribution in [0.25, 0.3) is 0 Å². The summed E-state index contributed by atoms with van der Waals surface area (Å²) in [5, 5.41) is 3.91. The first-order valence-corrected chi connectivity index (χ1v) is 10.0. The highest BCUT2D eigenvalue weighted by atomic mass is 32.1. The molecule has 6 heteroatoms. The second-order valence-corrected chi connectivity index (χ2v) is 7.59. The number of thiocarbonyl (C=S) groups is 1. The van der Waals surface area contributed by atoms with E-state index in [0.717, 1.165) is 23.4 Å². The molecule has 0 amide bonds. The van der Waals surface area contributed by atoms with Gasteiger partial charge in [-0.2, -0.15) is 0 Å². The number of benzene rings is 2. The van der Waals surface area contributed by atoms with Crippen molar-refractivity contribution < 1.29 is 14.3 Å². The van der Waals surface area contributed by atoms with E-state index in [2.05, 4.69) is 24.4 Å². The minimum Gasteiger partial charge on any atom is -0.466 e. The van der Waals surface area contributed by atoms with Gasteiger partial charge >= 0.3 is 5.97 Å². The normalized spacial score (nSPS) is 25.4. The molecule has 2 bridgehead atoms. The highest BCUT2D eigenvalue weighted by molar-refractivity contribution is 7.80. The number of carbonyl (C=O) groups excluding carboxylic acids is 1. The molecule has 2 aromatic rings. The van der Waals surface area contributed by atoms with Gasteiger partial charge < -0.3 is 14.8 Å². The lowest BCUT2D eigenvalue weighted by Crippen LogP contribution is -2.71. The zero-order valence-corrected chi connectivity index (χ0v) is 17.1. The number of aryl methyl sites for hydroxylation is 1. The fourth-order valence-electron chi connectivity index (χ4n) is 4.19. The van der Waals surface area contributed by atoms with Crippen LogP contribution in [0.1, 0.15) is 37.9 Å². The largest absolute Gasteiger partial charge is 0.466 e. The Kier molecular flexibility index (Phi) is 4.75. The predicted molar refractivity (Wildman–Crippen MR) is 112 cm³/mol. The standard InChI is InChI=1S/C22H24N2O3S/c1-4-14-10-12-15(13-11-14)24-21(28)23-19-16-8-6-7-9-17(16)27-22(24,3)18(19)20(25)26-5-2/h6-13,18-19H,4-5H2,1-3H3,(H,23,28)/t18-,19+,22-/m0/s1. The van der Waals surface area contributed by atoms with Crippen molar-refractivity contribution in [3.63, 3.8) is 0 Å². The lowest BCUT2D eigenvalue weighted by Gasteiger charge is -2.55. The van der Waals surface area contributed by atoms with Crippen LogP contribution in [0.3, 0.4) is 0 Å². The Morgan fingerprint density at radius 3 is 2.61 bits per heavy atom. The molecule has 2 aliphatic heterocycles. The van der Waals surface area contributed by atoms with E-state index in [9.17, 15) is 4.79 Å². The molecule has 2 aliphatic rings. The maximum absolute atomic E-state index is 13.0. The van der Waals surface area contributed by atoms with E-state index in [1.165, 1.54) is 5.56 Å². The van der Waals surface area contributed by atoms with E-state index >= 15 is 0 Å². The number of nitrogens with one attached hydrogen (secondary N) is 1. The summed E-state index contributed by atoms with van der Waals surface area (Å²) in [6.07, 6.45) is 0.956. The average Bonchev–Trinajstić information content (AvgIpc) is 2.68. The van der Waals surface area contributed by atoms with Crippen LogP contribution < -0.4 is 15.0 Å². The van der Waals surface area contributed by atoms with Crippen LogP contribution in [-0.2, 0) is 16.0 Å². The first kappa shape index (κ1) is 18.7. The molecule has 0 saturated carbocycles. The maximum atomic E-state index is 13.0. The summed E-state index contributed by atoms with van der Waals surface area (Å²) in [5.41, 5.74) is 2.03. The fraction of sp³-hybridized carbons (Fsp3) is 0.364. The smallest absolute Gasteiger partial charge is 0.317 e. The van der Waals surface area contributed by atoms with Crippen LogP contribution >= 0.6 is 12.2 Å². The quantitative estimate of drug-likeness (QED) is 0.623. The lowest BCUT2D eigenvalue weighted by molar-refractivity contribution is -0.159. The number of anilines is 1. The van der Waals surface area contributed by atoms with Gasteiger partial charge in [0.1, 0.15) is 11.7 Å². The molecule has 4 rings (SSSR count). The Labute approximate surface area is 170 Å². The zero-order chi connectivity index (χ0) is 19.9. The number of rotatable bonds is 4. The molecule has 0 aliphatic carbocycles. The van der Waals surface area contributed by atoms with Gasteiger partial charge in [0.05, 0.1) is 12.6 Å². The SMILES string of the molecule is CCOC(=O)[C@@H]1[C@@H]2NC(=S)N(c3ccc(CC)cc3)[C@@]1(C)Oc1ccccc12. The first-order valence-electron chi connectivity index (χ1n) is 9.63. The third-order valence-electron chi connectivity index (χ3n) is 5.55. The van der Waals surface area contributed by atoms with Crippen LogP contribution in [0.2, 0.25) is 0 Å². The number of para-hydroxylation sites is 1. The molecule has 146 valence electrons. The molecule has 1 fully saturated rings. The monoisotopic (exact) mass is 396 g/mol. The second kappa shape index (κ2) is 7.09. The number of esters is 1. The number of hydrogen-bond acceptors (Lipinski definition) is 4. The maximum Gasteiger partial charge on any atom is 0.317 e. The van der Waals surface area contributed by atoms with Gasteiger partial charge in [0.25, 0.3) is 0 Å². The van der Waals surface area contributed by atoms with Gasteiger partial charge in [-0.05, 0) is 56.2 Å². The molecule has 2 aromatic carbocycles. The Bertz CT molecular complexity index is 914. The fourth-order valence-corrected chi connectivity index (χ4v) is 4.61. The number of fused-ring (bicyclic) bond motifs is 4. The van der Waals surface area contributed by atoms with Crippen molar-refractivity contribution in [1.29, 1.82) is 0 Å². The van der Waals surface area contributed by atoms with Crippen molar-refractivity contribution >= 4 is 29.0 Å². The Morgan fingerprint density at radius 2 is 1.93 bits per heavy atom.